The van der Waals surface area contributed by atoms with Gasteiger partial charge < -0.3 is 5.32 Å². The van der Waals surface area contributed by atoms with Gasteiger partial charge in [0.25, 0.3) is 0 Å². The normalized spacial score (nSPS) is 14.9. The summed E-state index contributed by atoms with van der Waals surface area (Å²) in [5, 5.41) is 3.45. The van der Waals surface area contributed by atoms with Gasteiger partial charge >= 0.3 is 0 Å². The summed E-state index contributed by atoms with van der Waals surface area (Å²) in [7, 11) is 0. The van der Waals surface area contributed by atoms with E-state index in [9.17, 15) is 0 Å². The summed E-state index contributed by atoms with van der Waals surface area (Å²) >= 11 is 5.79. The van der Waals surface area contributed by atoms with Crippen LogP contribution in [0, 0.1) is 0 Å². The lowest BCUT2D eigenvalue weighted by atomic mass is 10.0. The minimum absolute atomic E-state index is 0.0155. The molecule has 0 aliphatic heterocycles. The van der Waals surface area contributed by atoms with Gasteiger partial charge in [-0.1, -0.05) is 6.07 Å². The molecule has 0 amide bonds. The van der Waals surface area contributed by atoms with E-state index in [1.807, 2.05) is 0 Å². The molecule has 0 saturated heterocycles. The Kier molecular flexibility index (Phi) is 3.38. The maximum Gasteiger partial charge on any atom is 0.126 e. The van der Waals surface area contributed by atoms with E-state index in [2.05, 4.69) is 36.3 Å². The van der Waals surface area contributed by atoms with Crippen LogP contribution in [0.5, 0.6) is 0 Å². The zero-order chi connectivity index (χ0) is 11.6. The van der Waals surface area contributed by atoms with Gasteiger partial charge in [-0.2, -0.15) is 0 Å². The Bertz CT molecular complexity index is 374. The van der Waals surface area contributed by atoms with Crippen molar-refractivity contribution < 1.29 is 0 Å². The monoisotopic (exact) mass is 238 g/mol. The van der Waals surface area contributed by atoms with Crippen LogP contribution in [-0.2, 0) is 12.8 Å². The molecule has 1 aliphatic carbocycles. The quantitative estimate of drug-likeness (QED) is 0.814. The fourth-order valence-electron chi connectivity index (χ4n) is 2.14. The summed E-state index contributed by atoms with van der Waals surface area (Å²) in [6.45, 7) is 4.31. The average molecular weight is 239 g/mol. The zero-order valence-electron chi connectivity index (χ0n) is 10.0. The van der Waals surface area contributed by atoms with Gasteiger partial charge in [0.15, 0.2) is 0 Å². The number of anilines is 1. The number of halogens is 1. The van der Waals surface area contributed by atoms with Gasteiger partial charge in [0, 0.05) is 17.1 Å². The molecule has 1 aromatic rings. The summed E-state index contributed by atoms with van der Waals surface area (Å²) in [5.74, 6) is 1.65. The summed E-state index contributed by atoms with van der Waals surface area (Å²) < 4.78 is 0. The number of aryl methyl sites for hydroxylation is 2. The van der Waals surface area contributed by atoms with Gasteiger partial charge in [0.2, 0.25) is 0 Å². The van der Waals surface area contributed by atoms with Crippen LogP contribution in [0.3, 0.4) is 0 Å². The standard InChI is InChI=1S/C13H19ClN2/c1-13(2,8-9-14)16-12-7-6-10-4-3-5-11(10)15-12/h6-7H,3-5,8-9H2,1-2H3,(H,15,16). The number of hydrogen-bond donors (Lipinski definition) is 1. The van der Waals surface area contributed by atoms with Crippen LogP contribution in [0.4, 0.5) is 5.82 Å². The Labute approximate surface area is 102 Å². The lowest BCUT2D eigenvalue weighted by Gasteiger charge is -2.26. The first kappa shape index (κ1) is 11.7. The van der Waals surface area contributed by atoms with Crippen LogP contribution in [0.15, 0.2) is 12.1 Å². The molecule has 0 saturated carbocycles. The molecular weight excluding hydrogens is 220 g/mol. The SMILES string of the molecule is CC(C)(CCCl)Nc1ccc2c(n1)CCC2. The molecule has 0 spiro atoms. The predicted octanol–water partition coefficient (Wildman–Crippen LogP) is 3.39. The van der Waals surface area contributed by atoms with Gasteiger partial charge in [-0.3, -0.25) is 0 Å². The molecule has 1 aliphatic rings. The maximum atomic E-state index is 5.79. The lowest BCUT2D eigenvalue weighted by Crippen LogP contribution is -2.31. The molecule has 2 nitrogen and oxygen atoms in total. The highest BCUT2D eigenvalue weighted by atomic mass is 35.5. The topological polar surface area (TPSA) is 24.9 Å². The molecule has 0 fully saturated rings. The van der Waals surface area contributed by atoms with Crippen molar-refractivity contribution in [3.63, 3.8) is 0 Å². The van der Waals surface area contributed by atoms with Crippen LogP contribution in [0.2, 0.25) is 0 Å². The fourth-order valence-corrected chi connectivity index (χ4v) is 2.61. The Morgan fingerprint density at radius 1 is 1.38 bits per heavy atom. The van der Waals surface area contributed by atoms with Crippen molar-refractivity contribution in [3.8, 4) is 0 Å². The van der Waals surface area contributed by atoms with Gasteiger partial charge in [-0.25, -0.2) is 4.98 Å². The molecule has 16 heavy (non-hydrogen) atoms. The van der Waals surface area contributed by atoms with E-state index >= 15 is 0 Å². The van der Waals surface area contributed by atoms with E-state index in [-0.39, 0.29) is 5.54 Å². The minimum Gasteiger partial charge on any atom is -0.365 e. The van der Waals surface area contributed by atoms with Crippen LogP contribution < -0.4 is 5.32 Å². The van der Waals surface area contributed by atoms with Crippen molar-refractivity contribution >= 4 is 17.4 Å². The fraction of sp³-hybridized carbons (Fsp3) is 0.615. The van der Waals surface area contributed by atoms with E-state index < -0.39 is 0 Å². The highest BCUT2D eigenvalue weighted by Crippen LogP contribution is 2.23. The number of nitrogens with one attached hydrogen (secondary N) is 1. The molecule has 0 unspecified atom stereocenters. The third-order valence-corrected chi connectivity index (χ3v) is 3.30. The molecule has 0 radical (unpaired) electrons. The minimum atomic E-state index is 0.0155. The highest BCUT2D eigenvalue weighted by Gasteiger charge is 2.18. The number of rotatable bonds is 4. The number of alkyl halides is 1. The first-order chi connectivity index (χ1) is 7.61. The van der Waals surface area contributed by atoms with Crippen molar-refractivity contribution in [2.75, 3.05) is 11.2 Å². The van der Waals surface area contributed by atoms with E-state index in [4.69, 9.17) is 11.6 Å². The van der Waals surface area contributed by atoms with Crippen molar-refractivity contribution in [2.24, 2.45) is 0 Å². The van der Waals surface area contributed by atoms with Crippen LogP contribution in [-0.4, -0.2) is 16.4 Å². The largest absolute Gasteiger partial charge is 0.365 e. The van der Waals surface area contributed by atoms with E-state index in [1.165, 1.54) is 24.1 Å². The Morgan fingerprint density at radius 3 is 2.94 bits per heavy atom. The van der Waals surface area contributed by atoms with E-state index in [0.29, 0.717) is 5.88 Å². The molecule has 88 valence electrons. The van der Waals surface area contributed by atoms with Crippen molar-refractivity contribution in [2.45, 2.75) is 45.1 Å². The van der Waals surface area contributed by atoms with Gasteiger partial charge in [-0.15, -0.1) is 11.6 Å². The van der Waals surface area contributed by atoms with Crippen molar-refractivity contribution in [1.82, 2.24) is 4.98 Å². The number of nitrogens with zero attached hydrogens (tertiary/aromatic N) is 1. The highest BCUT2D eigenvalue weighted by molar-refractivity contribution is 6.17. The first-order valence-electron chi connectivity index (χ1n) is 5.94. The van der Waals surface area contributed by atoms with E-state index in [1.54, 1.807) is 0 Å². The third kappa shape index (κ3) is 2.67. The summed E-state index contributed by atoms with van der Waals surface area (Å²) in [4.78, 5) is 4.67. The Morgan fingerprint density at radius 2 is 2.19 bits per heavy atom. The lowest BCUT2D eigenvalue weighted by molar-refractivity contribution is 0.548. The molecule has 3 heteroatoms. The number of fused-ring (bicyclic) bond motifs is 1. The molecule has 0 aromatic carbocycles. The Hall–Kier alpha value is -0.760. The van der Waals surface area contributed by atoms with Gasteiger partial charge in [0.05, 0.1) is 0 Å². The van der Waals surface area contributed by atoms with E-state index in [0.717, 1.165) is 18.7 Å². The van der Waals surface area contributed by atoms with Crippen molar-refractivity contribution in [1.29, 1.82) is 0 Å². The predicted molar refractivity (Wildman–Crippen MR) is 69.3 cm³/mol. The van der Waals surface area contributed by atoms with Crippen molar-refractivity contribution in [3.05, 3.63) is 23.4 Å². The van der Waals surface area contributed by atoms with Crippen LogP contribution >= 0.6 is 11.6 Å². The first-order valence-corrected chi connectivity index (χ1v) is 6.47. The van der Waals surface area contributed by atoms with Gasteiger partial charge in [-0.05, 0) is 51.2 Å². The summed E-state index contributed by atoms with van der Waals surface area (Å²) in [5.41, 5.74) is 2.70. The smallest absolute Gasteiger partial charge is 0.126 e. The molecular formula is C13H19ClN2. The Balaban J connectivity index is 2.10. The molecule has 2 rings (SSSR count). The average Bonchev–Trinajstić information content (AvgIpc) is 2.63. The van der Waals surface area contributed by atoms with Crippen LogP contribution in [0.25, 0.3) is 0 Å². The summed E-state index contributed by atoms with van der Waals surface area (Å²) in [6, 6.07) is 4.29. The third-order valence-electron chi connectivity index (χ3n) is 3.11. The van der Waals surface area contributed by atoms with Gasteiger partial charge in [0.1, 0.15) is 5.82 Å². The molecule has 0 bridgehead atoms. The molecule has 1 N–H and O–H groups in total. The second-order valence-corrected chi connectivity index (χ2v) is 5.48. The number of aromatic nitrogens is 1. The summed E-state index contributed by atoms with van der Waals surface area (Å²) in [6.07, 6.45) is 4.50. The second kappa shape index (κ2) is 4.62. The molecule has 1 heterocycles. The molecule has 0 atom stereocenters. The van der Waals surface area contributed by atoms with Crippen LogP contribution in [0.1, 0.15) is 37.9 Å². The number of hydrogen-bond acceptors (Lipinski definition) is 2. The zero-order valence-corrected chi connectivity index (χ0v) is 10.8. The second-order valence-electron chi connectivity index (χ2n) is 5.10. The maximum absolute atomic E-state index is 5.79. The number of pyridine rings is 1. The molecule has 1 aromatic heterocycles.